The Hall–Kier alpha value is -2.57. The van der Waals surface area contributed by atoms with E-state index in [1.165, 1.54) is 11.1 Å². The molecule has 1 N–H and O–H groups in total. The van der Waals surface area contributed by atoms with Crippen LogP contribution >= 0.6 is 7.80 Å². The summed E-state index contributed by atoms with van der Waals surface area (Å²) in [6, 6.07) is 21.2. The minimum absolute atomic E-state index is 0.502. The van der Waals surface area contributed by atoms with E-state index in [1.54, 1.807) is 0 Å². The molecule has 3 heteroatoms. The smallest absolute Gasteiger partial charge is 0.300 e. The van der Waals surface area contributed by atoms with E-state index in [0.29, 0.717) is 5.71 Å². The lowest BCUT2D eigenvalue weighted by molar-refractivity contribution is 0.598. The van der Waals surface area contributed by atoms with Gasteiger partial charge < -0.3 is 0 Å². The summed E-state index contributed by atoms with van der Waals surface area (Å²) in [4.78, 5) is 0. The van der Waals surface area contributed by atoms with Gasteiger partial charge in [0.1, 0.15) is 0 Å². The third-order valence-corrected chi connectivity index (χ3v) is 6.03. The second-order valence-electron chi connectivity index (χ2n) is 6.30. The van der Waals surface area contributed by atoms with Crippen molar-refractivity contribution >= 4 is 24.1 Å². The van der Waals surface area contributed by atoms with Crippen molar-refractivity contribution in [1.29, 1.82) is 5.41 Å². The lowest BCUT2D eigenvalue weighted by Crippen LogP contribution is -2.09. The van der Waals surface area contributed by atoms with Gasteiger partial charge in [-0.3, -0.25) is 5.41 Å². The first kappa shape index (κ1) is 17.3. The lowest BCUT2D eigenvalue weighted by atomic mass is 9.94. The molecule has 0 fully saturated rings. The van der Waals surface area contributed by atoms with Gasteiger partial charge in [-0.1, -0.05) is 28.8 Å². The van der Waals surface area contributed by atoms with Crippen LogP contribution in [0.3, 0.4) is 0 Å². The van der Waals surface area contributed by atoms with Gasteiger partial charge in [0.2, 0.25) is 0 Å². The molecule has 1 atom stereocenters. The number of hydrogen-bond acceptors (Lipinski definition) is 2. The molecule has 3 aromatic rings. The van der Waals surface area contributed by atoms with Crippen molar-refractivity contribution < 1.29 is 4.57 Å². The highest BCUT2D eigenvalue weighted by molar-refractivity contribution is 7.61. The van der Waals surface area contributed by atoms with Gasteiger partial charge in [-0.05, 0) is 79.9 Å². The zero-order chi connectivity index (χ0) is 18.0. The molecule has 0 saturated carbocycles. The molecule has 0 aliphatic rings. The third-order valence-electron chi connectivity index (χ3n) is 4.49. The maximum Gasteiger partial charge on any atom is 0.415 e. The minimum atomic E-state index is -1.59. The van der Waals surface area contributed by atoms with E-state index in [0.717, 1.165) is 27.3 Å². The van der Waals surface area contributed by atoms with E-state index in [-0.39, 0.29) is 0 Å². The molecule has 25 heavy (non-hydrogen) atoms. The largest absolute Gasteiger partial charge is 0.415 e. The molecule has 0 amide bonds. The highest BCUT2D eigenvalue weighted by Crippen LogP contribution is 2.22. The summed E-state index contributed by atoms with van der Waals surface area (Å²) in [5, 5.41) is 10.2. The van der Waals surface area contributed by atoms with Gasteiger partial charge in [0, 0.05) is 11.1 Å². The molecule has 3 rings (SSSR count). The van der Waals surface area contributed by atoms with Crippen LogP contribution in [0.2, 0.25) is 0 Å². The quantitative estimate of drug-likeness (QED) is 0.535. The standard InChI is InChI=1S/C22H21NOP/c1-15-13-17(3)21(14-16(15)2)22(23)18-9-11-20(12-10-18)25(24)19-7-5-4-6-8-19/h4-14,23H,1-3H3/q+1. The molecule has 0 heterocycles. The second-order valence-corrected chi connectivity index (χ2v) is 7.92. The van der Waals surface area contributed by atoms with Gasteiger partial charge in [0.25, 0.3) is 0 Å². The Morgan fingerprint density at radius 1 is 0.760 bits per heavy atom. The lowest BCUT2D eigenvalue weighted by Gasteiger charge is -2.11. The zero-order valence-electron chi connectivity index (χ0n) is 14.7. The fraction of sp³-hybridized carbons (Fsp3) is 0.136. The van der Waals surface area contributed by atoms with Gasteiger partial charge in [0.05, 0.1) is 5.71 Å². The minimum Gasteiger partial charge on any atom is -0.300 e. The number of hydrogen-bond donors (Lipinski definition) is 1. The predicted octanol–water partition coefficient (Wildman–Crippen LogP) is 4.81. The van der Waals surface area contributed by atoms with Crippen LogP contribution in [-0.2, 0) is 4.57 Å². The molecule has 0 aliphatic carbocycles. The summed E-state index contributed by atoms with van der Waals surface area (Å²) < 4.78 is 12.6. The van der Waals surface area contributed by atoms with Crippen LogP contribution in [0.25, 0.3) is 0 Å². The van der Waals surface area contributed by atoms with Gasteiger partial charge >= 0.3 is 7.80 Å². The molecule has 2 nitrogen and oxygen atoms in total. The van der Waals surface area contributed by atoms with Crippen molar-refractivity contribution in [3.05, 3.63) is 94.5 Å². The van der Waals surface area contributed by atoms with Crippen LogP contribution in [-0.4, -0.2) is 5.71 Å². The normalized spacial score (nSPS) is 11.2. The van der Waals surface area contributed by atoms with Crippen LogP contribution in [0.1, 0.15) is 27.8 Å². The molecule has 3 aromatic carbocycles. The summed E-state index contributed by atoms with van der Waals surface area (Å²) >= 11 is 0. The van der Waals surface area contributed by atoms with Crippen molar-refractivity contribution in [2.24, 2.45) is 0 Å². The average molecular weight is 346 g/mol. The number of nitrogens with one attached hydrogen (secondary N) is 1. The first-order valence-corrected chi connectivity index (χ1v) is 9.53. The summed E-state index contributed by atoms with van der Waals surface area (Å²) in [6.07, 6.45) is 0. The van der Waals surface area contributed by atoms with E-state index < -0.39 is 7.80 Å². The highest BCUT2D eigenvalue weighted by Gasteiger charge is 2.23. The topological polar surface area (TPSA) is 40.9 Å². The maximum atomic E-state index is 12.6. The summed E-state index contributed by atoms with van der Waals surface area (Å²) in [5.74, 6) is 0. The van der Waals surface area contributed by atoms with Crippen molar-refractivity contribution in [1.82, 2.24) is 0 Å². The Labute approximate surface area is 149 Å². The highest BCUT2D eigenvalue weighted by atomic mass is 31.1. The number of aryl methyl sites for hydroxylation is 3. The first-order chi connectivity index (χ1) is 12.0. The third kappa shape index (κ3) is 3.60. The van der Waals surface area contributed by atoms with Crippen LogP contribution in [0.5, 0.6) is 0 Å². The Bertz CT molecular complexity index is 944. The Morgan fingerprint density at radius 2 is 1.32 bits per heavy atom. The molecule has 0 aromatic heterocycles. The monoisotopic (exact) mass is 346 g/mol. The van der Waals surface area contributed by atoms with E-state index >= 15 is 0 Å². The molecule has 124 valence electrons. The SMILES string of the molecule is Cc1cc(C)c(C(=N)c2ccc([P+](=O)c3ccccc3)cc2)cc1C. The fourth-order valence-corrected chi connectivity index (χ4v) is 4.02. The molecule has 0 radical (unpaired) electrons. The van der Waals surface area contributed by atoms with E-state index in [1.807, 2.05) is 61.5 Å². The van der Waals surface area contributed by atoms with Gasteiger partial charge in [0.15, 0.2) is 10.6 Å². The van der Waals surface area contributed by atoms with Gasteiger partial charge in [-0.25, -0.2) is 0 Å². The van der Waals surface area contributed by atoms with Crippen molar-refractivity contribution in [2.75, 3.05) is 0 Å². The van der Waals surface area contributed by atoms with Crippen LogP contribution in [0.15, 0.2) is 66.7 Å². The molecule has 0 aliphatic heterocycles. The van der Waals surface area contributed by atoms with Crippen LogP contribution in [0.4, 0.5) is 0 Å². The van der Waals surface area contributed by atoms with Crippen molar-refractivity contribution in [2.45, 2.75) is 20.8 Å². The molecule has 1 unspecified atom stereocenters. The van der Waals surface area contributed by atoms with Crippen molar-refractivity contribution in [3.63, 3.8) is 0 Å². The zero-order valence-corrected chi connectivity index (χ0v) is 15.6. The number of benzene rings is 3. The molecule has 0 spiro atoms. The Kier molecular flexibility index (Phi) is 4.92. The molecular formula is C22H21NOP+. The first-order valence-electron chi connectivity index (χ1n) is 8.27. The summed E-state index contributed by atoms with van der Waals surface area (Å²) in [5.41, 5.74) is 5.82. The van der Waals surface area contributed by atoms with Crippen LogP contribution in [0, 0.1) is 26.2 Å². The molecular weight excluding hydrogens is 325 g/mol. The number of rotatable bonds is 4. The van der Waals surface area contributed by atoms with Gasteiger partial charge in [-0.2, -0.15) is 0 Å². The average Bonchev–Trinajstić information content (AvgIpc) is 2.64. The molecule has 0 saturated heterocycles. The summed E-state index contributed by atoms with van der Waals surface area (Å²) in [6.45, 7) is 6.20. The molecule has 0 bridgehead atoms. The predicted molar refractivity (Wildman–Crippen MR) is 106 cm³/mol. The summed E-state index contributed by atoms with van der Waals surface area (Å²) in [7, 11) is -1.59. The van der Waals surface area contributed by atoms with E-state index in [9.17, 15) is 4.57 Å². The Morgan fingerprint density at radius 3 is 1.96 bits per heavy atom. The fourth-order valence-electron chi connectivity index (χ4n) is 2.86. The van der Waals surface area contributed by atoms with E-state index in [4.69, 9.17) is 5.41 Å². The van der Waals surface area contributed by atoms with Gasteiger partial charge in [-0.15, -0.1) is 0 Å². The Balaban J connectivity index is 1.89. The van der Waals surface area contributed by atoms with Crippen molar-refractivity contribution in [3.8, 4) is 0 Å². The second kappa shape index (κ2) is 7.13. The van der Waals surface area contributed by atoms with E-state index in [2.05, 4.69) is 26.0 Å². The maximum absolute atomic E-state index is 12.6. The van der Waals surface area contributed by atoms with Crippen LogP contribution < -0.4 is 10.6 Å².